The summed E-state index contributed by atoms with van der Waals surface area (Å²) < 4.78 is 0. The van der Waals surface area contributed by atoms with Crippen LogP contribution in [0.4, 0.5) is 0 Å². The summed E-state index contributed by atoms with van der Waals surface area (Å²) in [6.45, 7) is 9.06. The van der Waals surface area contributed by atoms with E-state index >= 15 is 0 Å². The molecular formula is C16H27NO2. The van der Waals surface area contributed by atoms with Gasteiger partial charge in [-0.15, -0.1) is 0 Å². The first-order valence-electron chi connectivity index (χ1n) is 7.40. The highest BCUT2D eigenvalue weighted by molar-refractivity contribution is 6.24. The van der Waals surface area contributed by atoms with Gasteiger partial charge in [0.2, 0.25) is 0 Å². The molecule has 0 heterocycles. The number of aliphatic hydroxyl groups excluding tert-OH is 1. The molecule has 108 valence electrons. The number of unbranched alkanes of at least 4 members (excludes halogenated alkanes) is 1. The van der Waals surface area contributed by atoms with Gasteiger partial charge in [-0.2, -0.15) is 0 Å². The Bertz CT molecular complexity index is 392. The van der Waals surface area contributed by atoms with Gasteiger partial charge in [-0.1, -0.05) is 34.1 Å². The predicted octanol–water partition coefficient (Wildman–Crippen LogP) is 4.23. The van der Waals surface area contributed by atoms with E-state index in [1.807, 2.05) is 6.92 Å². The maximum atomic E-state index is 12.3. The molecule has 3 nitrogen and oxygen atoms in total. The van der Waals surface area contributed by atoms with Crippen LogP contribution in [0, 0.1) is 5.41 Å². The Morgan fingerprint density at radius 2 is 1.95 bits per heavy atom. The van der Waals surface area contributed by atoms with E-state index in [1.54, 1.807) is 0 Å². The van der Waals surface area contributed by atoms with Gasteiger partial charge in [0, 0.05) is 25.1 Å². The molecule has 0 radical (unpaired) electrons. The van der Waals surface area contributed by atoms with Crippen LogP contribution in [-0.4, -0.2) is 23.1 Å². The van der Waals surface area contributed by atoms with Gasteiger partial charge in [-0.25, -0.2) is 0 Å². The molecule has 0 aliphatic heterocycles. The summed E-state index contributed by atoms with van der Waals surface area (Å²) in [5.74, 6) is 0.288. The van der Waals surface area contributed by atoms with E-state index in [4.69, 9.17) is 0 Å². The summed E-state index contributed by atoms with van der Waals surface area (Å²) in [5, 5.41) is 10.1. The van der Waals surface area contributed by atoms with E-state index in [9.17, 15) is 9.90 Å². The Morgan fingerprint density at radius 1 is 1.26 bits per heavy atom. The lowest BCUT2D eigenvalue weighted by atomic mass is 9.73. The Hall–Kier alpha value is -1.12. The van der Waals surface area contributed by atoms with Crippen molar-refractivity contribution >= 4 is 11.5 Å². The highest BCUT2D eigenvalue weighted by Gasteiger charge is 2.35. The van der Waals surface area contributed by atoms with E-state index < -0.39 is 0 Å². The first-order valence-corrected chi connectivity index (χ1v) is 7.40. The average Bonchev–Trinajstić information content (AvgIpc) is 2.27. The van der Waals surface area contributed by atoms with Crippen LogP contribution in [0.15, 0.2) is 16.3 Å². The van der Waals surface area contributed by atoms with E-state index in [-0.39, 0.29) is 17.0 Å². The largest absolute Gasteiger partial charge is 0.511 e. The van der Waals surface area contributed by atoms with Gasteiger partial charge in [0.05, 0.1) is 5.57 Å². The fourth-order valence-electron chi connectivity index (χ4n) is 2.48. The van der Waals surface area contributed by atoms with Crippen LogP contribution in [0.2, 0.25) is 0 Å². The van der Waals surface area contributed by atoms with Crippen molar-refractivity contribution in [2.75, 3.05) is 6.54 Å². The number of aliphatic imine (C=N–C) groups is 1. The summed E-state index contributed by atoms with van der Waals surface area (Å²) in [4.78, 5) is 16.9. The number of rotatable bonds is 5. The standard InChI is InChI=1S/C16H27NO2/c1-5-7-9-17-12-10-16(3,4)11-14(19)15(12)13(18)8-6-2/h18H,5-11H2,1-4H3/b15-13+,17-12?. The smallest absolute Gasteiger partial charge is 0.168 e. The number of carbonyl (C=O) groups is 1. The lowest BCUT2D eigenvalue weighted by Crippen LogP contribution is -2.32. The number of allylic oxidation sites excluding steroid dienone is 2. The van der Waals surface area contributed by atoms with Crippen molar-refractivity contribution < 1.29 is 9.90 Å². The number of hydrogen-bond acceptors (Lipinski definition) is 3. The third-order valence-corrected chi connectivity index (χ3v) is 3.44. The zero-order valence-electron chi connectivity index (χ0n) is 12.8. The molecule has 1 saturated carbocycles. The SMILES string of the molecule is CCCCN=C1CC(C)(C)CC(=O)/C1=C(/O)CCC. The second-order valence-electron chi connectivity index (χ2n) is 6.19. The Morgan fingerprint density at radius 3 is 2.53 bits per heavy atom. The van der Waals surface area contributed by atoms with Crippen molar-refractivity contribution in [2.45, 2.75) is 66.2 Å². The van der Waals surface area contributed by atoms with Crippen molar-refractivity contribution in [1.82, 2.24) is 0 Å². The first-order chi connectivity index (χ1) is 8.91. The summed E-state index contributed by atoms with van der Waals surface area (Å²) in [6.07, 6.45) is 4.81. The maximum absolute atomic E-state index is 12.3. The zero-order chi connectivity index (χ0) is 14.5. The van der Waals surface area contributed by atoms with Crippen molar-refractivity contribution in [2.24, 2.45) is 10.4 Å². The molecule has 3 heteroatoms. The summed E-state index contributed by atoms with van der Waals surface area (Å²) >= 11 is 0. The monoisotopic (exact) mass is 265 g/mol. The van der Waals surface area contributed by atoms with E-state index in [0.717, 1.165) is 37.9 Å². The third-order valence-electron chi connectivity index (χ3n) is 3.44. The molecule has 0 aromatic rings. The normalized spacial score (nSPS) is 23.8. The van der Waals surface area contributed by atoms with Crippen molar-refractivity contribution in [1.29, 1.82) is 0 Å². The lowest BCUT2D eigenvalue weighted by molar-refractivity contribution is -0.117. The van der Waals surface area contributed by atoms with Gasteiger partial charge in [-0.05, 0) is 24.7 Å². The number of nitrogens with zero attached hydrogens (tertiary/aromatic N) is 1. The van der Waals surface area contributed by atoms with Crippen LogP contribution in [0.1, 0.15) is 66.2 Å². The van der Waals surface area contributed by atoms with Gasteiger partial charge >= 0.3 is 0 Å². The summed E-state index contributed by atoms with van der Waals surface area (Å²) in [5.41, 5.74) is 1.29. The minimum absolute atomic E-state index is 0.0435. The quantitative estimate of drug-likeness (QED) is 0.459. The van der Waals surface area contributed by atoms with E-state index in [2.05, 4.69) is 25.8 Å². The fraction of sp³-hybridized carbons (Fsp3) is 0.750. The second kappa shape index (κ2) is 6.88. The van der Waals surface area contributed by atoms with Crippen molar-refractivity contribution in [3.8, 4) is 0 Å². The number of hydrogen-bond donors (Lipinski definition) is 1. The molecule has 1 N–H and O–H groups in total. The molecule has 1 aliphatic rings. The van der Waals surface area contributed by atoms with Crippen molar-refractivity contribution in [3.05, 3.63) is 11.3 Å². The van der Waals surface area contributed by atoms with Gasteiger partial charge in [0.25, 0.3) is 0 Å². The number of carbonyl (C=O) groups excluding carboxylic acids is 1. The Kier molecular flexibility index (Phi) is 5.77. The Balaban J connectivity index is 3.05. The maximum Gasteiger partial charge on any atom is 0.168 e. The van der Waals surface area contributed by atoms with Crippen LogP contribution in [0.5, 0.6) is 0 Å². The highest BCUT2D eigenvalue weighted by atomic mass is 16.3. The summed E-state index contributed by atoms with van der Waals surface area (Å²) in [6, 6.07) is 0. The van der Waals surface area contributed by atoms with Crippen LogP contribution in [0.3, 0.4) is 0 Å². The topological polar surface area (TPSA) is 49.7 Å². The van der Waals surface area contributed by atoms with Gasteiger partial charge < -0.3 is 5.11 Å². The number of aliphatic hydroxyl groups is 1. The number of Topliss-reactive ketones (excluding diaryl/α,β-unsaturated/α-hetero) is 1. The number of ketones is 1. The van der Waals surface area contributed by atoms with Crippen LogP contribution in [-0.2, 0) is 4.79 Å². The van der Waals surface area contributed by atoms with Gasteiger partial charge in [0.15, 0.2) is 5.78 Å². The van der Waals surface area contributed by atoms with Crippen LogP contribution in [0.25, 0.3) is 0 Å². The molecule has 19 heavy (non-hydrogen) atoms. The average molecular weight is 265 g/mol. The lowest BCUT2D eigenvalue weighted by Gasteiger charge is -2.31. The molecule has 0 aromatic carbocycles. The van der Waals surface area contributed by atoms with E-state index in [0.29, 0.717) is 18.4 Å². The van der Waals surface area contributed by atoms with Crippen LogP contribution >= 0.6 is 0 Å². The minimum atomic E-state index is -0.0435. The minimum Gasteiger partial charge on any atom is -0.511 e. The van der Waals surface area contributed by atoms with E-state index in [1.165, 1.54) is 0 Å². The molecule has 0 bridgehead atoms. The van der Waals surface area contributed by atoms with Gasteiger partial charge in [0.1, 0.15) is 5.76 Å². The summed E-state index contributed by atoms with van der Waals surface area (Å²) in [7, 11) is 0. The molecule has 1 rings (SSSR count). The Labute approximate surface area is 116 Å². The molecule has 0 unspecified atom stereocenters. The zero-order valence-corrected chi connectivity index (χ0v) is 12.8. The third kappa shape index (κ3) is 4.48. The molecule has 0 saturated heterocycles. The first kappa shape index (κ1) is 15.9. The molecule has 0 aromatic heterocycles. The predicted molar refractivity (Wildman–Crippen MR) is 79.8 cm³/mol. The van der Waals surface area contributed by atoms with Crippen LogP contribution < -0.4 is 0 Å². The highest BCUT2D eigenvalue weighted by Crippen LogP contribution is 2.35. The fourth-order valence-corrected chi connectivity index (χ4v) is 2.48. The van der Waals surface area contributed by atoms with Gasteiger partial charge in [-0.3, -0.25) is 9.79 Å². The molecule has 0 atom stereocenters. The second-order valence-corrected chi connectivity index (χ2v) is 6.19. The molecule has 1 aliphatic carbocycles. The molecular weight excluding hydrogens is 238 g/mol. The molecule has 0 amide bonds. The molecule has 1 fully saturated rings. The molecule has 0 spiro atoms. The van der Waals surface area contributed by atoms with Crippen molar-refractivity contribution in [3.63, 3.8) is 0 Å².